The maximum absolute atomic E-state index is 12.1. The molecule has 0 unspecified atom stereocenters. The molecular formula is C10H15Cl2N3O. The monoisotopic (exact) mass is 263 g/mol. The lowest BCUT2D eigenvalue weighted by molar-refractivity contribution is 0.0632. The van der Waals surface area contributed by atoms with Crippen LogP contribution < -0.4 is 0 Å². The van der Waals surface area contributed by atoms with Crippen molar-refractivity contribution in [2.45, 2.75) is 39.8 Å². The van der Waals surface area contributed by atoms with E-state index in [1.165, 1.54) is 0 Å². The standard InChI is InChI=1S/C10H15Cl2N3O/c1-5(2)15(6(3)4)10(16)9-13-7(11)8(12)14-9/h5-6H,1-4H3,(H,13,14). The third kappa shape index (κ3) is 2.68. The van der Waals surface area contributed by atoms with Gasteiger partial charge >= 0.3 is 0 Å². The summed E-state index contributed by atoms with van der Waals surface area (Å²) >= 11 is 11.4. The van der Waals surface area contributed by atoms with E-state index in [1.807, 2.05) is 27.7 Å². The molecule has 1 aromatic rings. The van der Waals surface area contributed by atoms with Crippen LogP contribution in [0.1, 0.15) is 38.3 Å². The minimum Gasteiger partial charge on any atom is -0.331 e. The molecule has 0 spiro atoms. The molecule has 0 aliphatic heterocycles. The number of nitrogens with one attached hydrogen (secondary N) is 1. The minimum atomic E-state index is -0.196. The molecule has 0 saturated heterocycles. The van der Waals surface area contributed by atoms with Gasteiger partial charge in [-0.15, -0.1) is 0 Å². The molecule has 16 heavy (non-hydrogen) atoms. The normalized spacial score (nSPS) is 11.2. The maximum Gasteiger partial charge on any atom is 0.290 e. The molecule has 1 rings (SSSR count). The summed E-state index contributed by atoms with van der Waals surface area (Å²) < 4.78 is 0. The topological polar surface area (TPSA) is 49.0 Å². The van der Waals surface area contributed by atoms with Gasteiger partial charge in [0.15, 0.2) is 11.0 Å². The fourth-order valence-corrected chi connectivity index (χ4v) is 1.88. The number of nitrogens with zero attached hydrogens (tertiary/aromatic N) is 2. The van der Waals surface area contributed by atoms with Gasteiger partial charge in [-0.05, 0) is 27.7 Å². The van der Waals surface area contributed by atoms with Crippen LogP contribution in [0.15, 0.2) is 0 Å². The highest BCUT2D eigenvalue weighted by Gasteiger charge is 2.24. The van der Waals surface area contributed by atoms with Crippen LogP contribution in [-0.4, -0.2) is 32.9 Å². The molecule has 0 aromatic carbocycles. The number of aromatic amines is 1. The van der Waals surface area contributed by atoms with E-state index in [2.05, 4.69) is 9.97 Å². The molecule has 6 heteroatoms. The molecule has 1 aromatic heterocycles. The van der Waals surface area contributed by atoms with Crippen LogP contribution in [0.4, 0.5) is 0 Å². The number of aromatic nitrogens is 2. The third-order valence-electron chi connectivity index (χ3n) is 2.17. The molecular weight excluding hydrogens is 249 g/mol. The molecule has 1 heterocycles. The molecule has 1 amide bonds. The molecule has 1 N–H and O–H groups in total. The Morgan fingerprint density at radius 3 is 2.06 bits per heavy atom. The summed E-state index contributed by atoms with van der Waals surface area (Å²) in [7, 11) is 0. The van der Waals surface area contributed by atoms with E-state index in [-0.39, 0.29) is 34.1 Å². The molecule has 4 nitrogen and oxygen atoms in total. The van der Waals surface area contributed by atoms with Gasteiger partial charge in [0.25, 0.3) is 5.91 Å². The fraction of sp³-hybridized carbons (Fsp3) is 0.600. The molecule has 0 fully saturated rings. The van der Waals surface area contributed by atoms with Gasteiger partial charge in [0.1, 0.15) is 5.15 Å². The zero-order chi connectivity index (χ0) is 12.5. The first-order valence-electron chi connectivity index (χ1n) is 5.08. The molecule has 0 aliphatic carbocycles. The lowest BCUT2D eigenvalue weighted by atomic mass is 10.2. The highest BCUT2D eigenvalue weighted by atomic mass is 35.5. The SMILES string of the molecule is CC(C)N(C(=O)c1nc(Cl)c(Cl)[nH]1)C(C)C. The van der Waals surface area contributed by atoms with Crippen molar-refractivity contribution < 1.29 is 4.79 Å². The molecule has 0 atom stereocenters. The Labute approximate surface area is 105 Å². The van der Waals surface area contributed by atoms with Crippen LogP contribution in [0.25, 0.3) is 0 Å². The Balaban J connectivity index is 2.99. The van der Waals surface area contributed by atoms with E-state index in [0.717, 1.165) is 0 Å². The number of carbonyl (C=O) groups excluding carboxylic acids is 1. The molecule has 0 aliphatic rings. The summed E-state index contributed by atoms with van der Waals surface area (Å²) in [4.78, 5) is 20.4. The van der Waals surface area contributed by atoms with Crippen LogP contribution in [0.3, 0.4) is 0 Å². The molecule has 0 bridgehead atoms. The summed E-state index contributed by atoms with van der Waals surface area (Å²) in [6.07, 6.45) is 0. The number of imidazole rings is 1. The second-order valence-corrected chi connectivity index (χ2v) is 4.83. The predicted molar refractivity (Wildman–Crippen MR) is 65.0 cm³/mol. The third-order valence-corrected chi connectivity index (χ3v) is 2.81. The van der Waals surface area contributed by atoms with Gasteiger partial charge in [-0.1, -0.05) is 23.2 Å². The Hall–Kier alpha value is -0.740. The van der Waals surface area contributed by atoms with E-state index in [0.29, 0.717) is 0 Å². The van der Waals surface area contributed by atoms with Gasteiger partial charge < -0.3 is 9.88 Å². The fourth-order valence-electron chi connectivity index (χ4n) is 1.62. The van der Waals surface area contributed by atoms with Crippen LogP contribution in [0.2, 0.25) is 10.3 Å². The van der Waals surface area contributed by atoms with Gasteiger partial charge in [0, 0.05) is 12.1 Å². The number of amides is 1. The smallest absolute Gasteiger partial charge is 0.290 e. The predicted octanol–water partition coefficient (Wildman–Crippen LogP) is 2.98. The van der Waals surface area contributed by atoms with E-state index >= 15 is 0 Å². The Morgan fingerprint density at radius 1 is 1.25 bits per heavy atom. The first-order valence-corrected chi connectivity index (χ1v) is 5.83. The minimum absolute atomic E-state index is 0.0927. The van der Waals surface area contributed by atoms with E-state index in [1.54, 1.807) is 4.90 Å². The van der Waals surface area contributed by atoms with Gasteiger partial charge in [0.05, 0.1) is 0 Å². The van der Waals surface area contributed by atoms with Crippen molar-refractivity contribution in [2.75, 3.05) is 0 Å². The van der Waals surface area contributed by atoms with Crippen molar-refractivity contribution >= 4 is 29.1 Å². The summed E-state index contributed by atoms with van der Waals surface area (Å²) in [5.74, 6) is -0.0174. The van der Waals surface area contributed by atoms with Gasteiger partial charge in [-0.3, -0.25) is 4.79 Å². The van der Waals surface area contributed by atoms with Crippen LogP contribution in [-0.2, 0) is 0 Å². The lowest BCUT2D eigenvalue weighted by Gasteiger charge is -2.29. The second kappa shape index (κ2) is 5.06. The van der Waals surface area contributed by atoms with Gasteiger partial charge in [0.2, 0.25) is 0 Å². The van der Waals surface area contributed by atoms with Crippen molar-refractivity contribution in [3.63, 3.8) is 0 Å². The number of carbonyl (C=O) groups is 1. The van der Waals surface area contributed by atoms with E-state index in [4.69, 9.17) is 23.2 Å². The summed E-state index contributed by atoms with van der Waals surface area (Å²) in [6.45, 7) is 7.79. The number of hydrogen-bond acceptors (Lipinski definition) is 2. The van der Waals surface area contributed by atoms with Crippen molar-refractivity contribution in [1.82, 2.24) is 14.9 Å². The van der Waals surface area contributed by atoms with Crippen molar-refractivity contribution in [1.29, 1.82) is 0 Å². The second-order valence-electron chi connectivity index (χ2n) is 4.09. The summed E-state index contributed by atoms with van der Waals surface area (Å²) in [5.41, 5.74) is 0. The van der Waals surface area contributed by atoms with Crippen LogP contribution in [0.5, 0.6) is 0 Å². The summed E-state index contributed by atoms with van der Waals surface area (Å²) in [6, 6.07) is 0.185. The molecule has 0 saturated carbocycles. The van der Waals surface area contributed by atoms with Crippen molar-refractivity contribution in [3.8, 4) is 0 Å². The Morgan fingerprint density at radius 2 is 1.75 bits per heavy atom. The number of H-pyrrole nitrogens is 1. The zero-order valence-corrected chi connectivity index (χ0v) is 11.2. The quantitative estimate of drug-likeness (QED) is 0.912. The average Bonchev–Trinajstić information content (AvgIpc) is 2.45. The Bertz CT molecular complexity index is 360. The number of hydrogen-bond donors (Lipinski definition) is 1. The first kappa shape index (κ1) is 13.3. The maximum atomic E-state index is 12.1. The largest absolute Gasteiger partial charge is 0.331 e. The van der Waals surface area contributed by atoms with Crippen LogP contribution in [0, 0.1) is 0 Å². The lowest BCUT2D eigenvalue weighted by Crippen LogP contribution is -2.42. The van der Waals surface area contributed by atoms with E-state index in [9.17, 15) is 4.79 Å². The van der Waals surface area contributed by atoms with Crippen molar-refractivity contribution in [2.24, 2.45) is 0 Å². The summed E-state index contributed by atoms with van der Waals surface area (Å²) in [5, 5.41) is 0.315. The molecule has 90 valence electrons. The molecule has 0 radical (unpaired) electrons. The number of rotatable bonds is 3. The van der Waals surface area contributed by atoms with Crippen LogP contribution >= 0.6 is 23.2 Å². The van der Waals surface area contributed by atoms with Gasteiger partial charge in [-0.25, -0.2) is 4.98 Å². The Kier molecular flexibility index (Phi) is 4.21. The van der Waals surface area contributed by atoms with E-state index < -0.39 is 0 Å². The highest BCUT2D eigenvalue weighted by molar-refractivity contribution is 6.40. The first-order chi connectivity index (χ1) is 7.34. The van der Waals surface area contributed by atoms with Crippen molar-refractivity contribution in [3.05, 3.63) is 16.1 Å². The number of halogens is 2. The zero-order valence-electron chi connectivity index (χ0n) is 9.71. The highest BCUT2D eigenvalue weighted by Crippen LogP contribution is 2.19. The van der Waals surface area contributed by atoms with Gasteiger partial charge in [-0.2, -0.15) is 0 Å². The average molecular weight is 264 g/mol.